The second-order valence-corrected chi connectivity index (χ2v) is 9.03. The first kappa shape index (κ1) is 18.7. The maximum absolute atomic E-state index is 9.99. The molecule has 1 unspecified atom stereocenters. The maximum atomic E-state index is 9.99. The molecule has 3 rings (SSSR count). The highest BCUT2D eigenvalue weighted by Gasteiger charge is 2.64. The fourth-order valence-electron chi connectivity index (χ4n) is 7.05. The van der Waals surface area contributed by atoms with Crippen LogP contribution in [-0.4, -0.2) is 20.0 Å². The molecule has 0 heterocycles. The molecule has 0 radical (unpaired) electrons. The Kier molecular flexibility index (Phi) is 5.15. The molecule has 138 valence electrons. The van der Waals surface area contributed by atoms with Gasteiger partial charge in [0, 0.05) is 18.9 Å². The Morgan fingerprint density at radius 1 is 1.44 bits per heavy atom. The summed E-state index contributed by atoms with van der Waals surface area (Å²) in [6.07, 6.45) is 6.80. The summed E-state index contributed by atoms with van der Waals surface area (Å²) >= 11 is 0. The van der Waals surface area contributed by atoms with Gasteiger partial charge >= 0.3 is 0 Å². The van der Waals surface area contributed by atoms with Crippen molar-refractivity contribution in [1.82, 2.24) is 0 Å². The van der Waals surface area contributed by atoms with Gasteiger partial charge in [0.1, 0.15) is 6.79 Å². The van der Waals surface area contributed by atoms with E-state index < -0.39 is 0 Å². The highest BCUT2D eigenvalue weighted by Crippen LogP contribution is 2.66. The zero-order valence-electron chi connectivity index (χ0n) is 16.4. The minimum absolute atomic E-state index is 0.0574. The van der Waals surface area contributed by atoms with Gasteiger partial charge in [-0.3, -0.25) is 0 Å². The van der Waals surface area contributed by atoms with E-state index in [-0.39, 0.29) is 29.3 Å². The second kappa shape index (κ2) is 6.89. The normalized spacial score (nSPS) is 48.9. The van der Waals surface area contributed by atoms with Crippen LogP contribution in [-0.2, 0) is 9.47 Å². The van der Waals surface area contributed by atoms with Gasteiger partial charge in [0.05, 0.1) is 18.1 Å². The van der Waals surface area contributed by atoms with E-state index in [1.54, 1.807) is 7.11 Å². The minimum Gasteiger partial charge on any atom is -0.359 e. The smallest absolute Gasteiger partial charge is 0.146 e. The number of hydrogen-bond acceptors (Lipinski definition) is 3. The van der Waals surface area contributed by atoms with Gasteiger partial charge in [-0.15, -0.1) is 6.58 Å². The number of methoxy groups -OCH3 is 1. The summed E-state index contributed by atoms with van der Waals surface area (Å²) in [6, 6.07) is 2.62. The molecule has 0 spiro atoms. The van der Waals surface area contributed by atoms with E-state index in [0.717, 1.165) is 5.92 Å². The molecule has 0 aromatic heterocycles. The van der Waals surface area contributed by atoms with Crippen molar-refractivity contribution in [1.29, 1.82) is 5.26 Å². The SMILES string of the molecule is C=CC1C=C(C)[C@H]2[C@H]([C@@H](OCOC)[C@@H]3[C@@H](C)C[C@@H](C)C[C@]32C)[C@H]1C#N. The molecule has 3 aliphatic carbocycles. The van der Waals surface area contributed by atoms with Crippen molar-refractivity contribution < 1.29 is 9.47 Å². The lowest BCUT2D eigenvalue weighted by molar-refractivity contribution is -0.124. The van der Waals surface area contributed by atoms with Crippen LogP contribution in [0.25, 0.3) is 0 Å². The highest BCUT2D eigenvalue weighted by molar-refractivity contribution is 5.29. The molecule has 9 atom stereocenters. The minimum atomic E-state index is -0.0574. The average Bonchev–Trinajstić information content (AvgIpc) is 2.81. The molecule has 2 saturated carbocycles. The largest absolute Gasteiger partial charge is 0.359 e. The van der Waals surface area contributed by atoms with Crippen molar-refractivity contribution in [2.24, 2.45) is 46.8 Å². The number of nitrogens with zero attached hydrogens (tertiary/aromatic N) is 1. The number of rotatable bonds is 4. The van der Waals surface area contributed by atoms with Gasteiger partial charge in [-0.1, -0.05) is 38.5 Å². The van der Waals surface area contributed by atoms with Gasteiger partial charge in [-0.25, -0.2) is 0 Å². The van der Waals surface area contributed by atoms with Crippen LogP contribution >= 0.6 is 0 Å². The van der Waals surface area contributed by atoms with Crippen LogP contribution in [0.5, 0.6) is 0 Å². The van der Waals surface area contributed by atoms with Gasteiger partial charge in [-0.2, -0.15) is 5.26 Å². The van der Waals surface area contributed by atoms with Crippen LogP contribution < -0.4 is 0 Å². The molecule has 0 bridgehead atoms. The third-order valence-corrected chi connectivity index (χ3v) is 7.34. The predicted octanol–water partition coefficient (Wildman–Crippen LogP) is 4.81. The first-order valence-corrected chi connectivity index (χ1v) is 9.70. The van der Waals surface area contributed by atoms with Crippen molar-refractivity contribution in [3.05, 3.63) is 24.3 Å². The molecule has 3 nitrogen and oxygen atoms in total. The Labute approximate surface area is 153 Å². The molecular weight excluding hydrogens is 310 g/mol. The standard InChI is InChI=1S/C22H33NO2/c1-7-16-9-15(4)19-18(17(16)11-23)21(25-12-24-6)20-14(3)8-13(2)10-22(19,20)5/h7,9,13-14,16-21H,1,8,10,12H2,2-6H3/t13-,14+,16?,17+,18-,19+,20+,21-,22+/m1/s1. The Morgan fingerprint density at radius 3 is 2.76 bits per heavy atom. The molecule has 0 aromatic rings. The Bertz CT molecular complexity index is 591. The lowest BCUT2D eigenvalue weighted by Crippen LogP contribution is -2.43. The van der Waals surface area contributed by atoms with Crippen LogP contribution in [0.4, 0.5) is 0 Å². The van der Waals surface area contributed by atoms with E-state index in [2.05, 4.69) is 46.4 Å². The number of allylic oxidation sites excluding steroid dienone is 3. The average molecular weight is 344 g/mol. The van der Waals surface area contributed by atoms with Gasteiger partial charge < -0.3 is 9.47 Å². The summed E-state index contributed by atoms with van der Waals surface area (Å²) in [7, 11) is 1.68. The van der Waals surface area contributed by atoms with E-state index in [4.69, 9.17) is 9.47 Å². The fourth-order valence-corrected chi connectivity index (χ4v) is 7.05. The van der Waals surface area contributed by atoms with Crippen LogP contribution in [0.2, 0.25) is 0 Å². The van der Waals surface area contributed by atoms with Crippen molar-refractivity contribution >= 4 is 0 Å². The Morgan fingerprint density at radius 2 is 2.16 bits per heavy atom. The van der Waals surface area contributed by atoms with Gasteiger partial charge in [0.2, 0.25) is 0 Å². The molecule has 0 saturated heterocycles. The van der Waals surface area contributed by atoms with Gasteiger partial charge in [0.15, 0.2) is 0 Å². The van der Waals surface area contributed by atoms with E-state index in [1.165, 1.54) is 18.4 Å². The lowest BCUT2D eigenvalue weighted by Gasteiger charge is -2.48. The van der Waals surface area contributed by atoms with E-state index in [0.29, 0.717) is 24.5 Å². The predicted molar refractivity (Wildman–Crippen MR) is 99.4 cm³/mol. The van der Waals surface area contributed by atoms with Gasteiger partial charge in [-0.05, 0) is 48.9 Å². The van der Waals surface area contributed by atoms with Crippen LogP contribution in [0.3, 0.4) is 0 Å². The van der Waals surface area contributed by atoms with Crippen molar-refractivity contribution in [2.75, 3.05) is 13.9 Å². The van der Waals surface area contributed by atoms with Crippen LogP contribution in [0, 0.1) is 58.2 Å². The summed E-state index contributed by atoms with van der Waals surface area (Å²) in [5, 5.41) is 9.99. The number of nitriles is 1. The monoisotopic (exact) mass is 343 g/mol. The van der Waals surface area contributed by atoms with E-state index in [1.807, 2.05) is 6.08 Å². The van der Waals surface area contributed by atoms with Crippen molar-refractivity contribution in [2.45, 2.75) is 46.6 Å². The third-order valence-electron chi connectivity index (χ3n) is 7.34. The number of ether oxygens (including phenoxy) is 2. The van der Waals surface area contributed by atoms with E-state index in [9.17, 15) is 5.26 Å². The van der Waals surface area contributed by atoms with Crippen LogP contribution in [0.1, 0.15) is 40.5 Å². The number of fused-ring (bicyclic) bond motifs is 3. The topological polar surface area (TPSA) is 42.2 Å². The Balaban J connectivity index is 2.11. The summed E-state index contributed by atoms with van der Waals surface area (Å²) in [5.74, 6) is 2.53. The summed E-state index contributed by atoms with van der Waals surface area (Å²) < 4.78 is 11.6. The summed E-state index contributed by atoms with van der Waals surface area (Å²) in [4.78, 5) is 0. The highest BCUT2D eigenvalue weighted by atomic mass is 16.7. The molecule has 3 heteroatoms. The molecule has 0 aromatic carbocycles. The van der Waals surface area contributed by atoms with Crippen molar-refractivity contribution in [3.63, 3.8) is 0 Å². The quantitative estimate of drug-likeness (QED) is 0.543. The molecule has 0 amide bonds. The molecular formula is C22H33NO2. The summed E-state index contributed by atoms with van der Waals surface area (Å²) in [5.41, 5.74) is 1.63. The van der Waals surface area contributed by atoms with Gasteiger partial charge in [0.25, 0.3) is 0 Å². The molecule has 0 aliphatic heterocycles. The first-order valence-electron chi connectivity index (χ1n) is 9.70. The Hall–Kier alpha value is -1.11. The molecule has 3 aliphatic rings. The van der Waals surface area contributed by atoms with E-state index >= 15 is 0 Å². The van der Waals surface area contributed by atoms with Crippen LogP contribution in [0.15, 0.2) is 24.3 Å². The zero-order chi connectivity index (χ0) is 18.4. The second-order valence-electron chi connectivity index (χ2n) is 9.03. The molecule has 2 fully saturated rings. The first-order chi connectivity index (χ1) is 11.9. The zero-order valence-corrected chi connectivity index (χ0v) is 16.4. The van der Waals surface area contributed by atoms with Crippen molar-refractivity contribution in [3.8, 4) is 6.07 Å². The summed E-state index contributed by atoms with van der Waals surface area (Å²) in [6.45, 7) is 13.8. The third kappa shape index (κ3) is 2.78. The molecule has 0 N–H and O–H groups in total. The maximum Gasteiger partial charge on any atom is 0.146 e. The lowest BCUT2D eigenvalue weighted by atomic mass is 9.56. The number of hydrogen-bond donors (Lipinski definition) is 0. The fraction of sp³-hybridized carbons (Fsp3) is 0.773. The molecule has 25 heavy (non-hydrogen) atoms.